The summed E-state index contributed by atoms with van der Waals surface area (Å²) in [5.41, 5.74) is 3.49. The summed E-state index contributed by atoms with van der Waals surface area (Å²) in [6.07, 6.45) is 7.34. The first kappa shape index (κ1) is 26.1. The van der Waals surface area contributed by atoms with Gasteiger partial charge in [0.25, 0.3) is 0 Å². The molecule has 8 nitrogen and oxygen atoms in total. The second-order valence-corrected chi connectivity index (χ2v) is 11.2. The Morgan fingerprint density at radius 3 is 2.45 bits per heavy atom. The molecule has 0 unspecified atom stereocenters. The minimum Gasteiger partial charge on any atom is -0.509 e. The van der Waals surface area contributed by atoms with Gasteiger partial charge in [-0.1, -0.05) is 10.9 Å². The lowest BCUT2D eigenvalue weighted by molar-refractivity contribution is -0.109. The first-order valence-corrected chi connectivity index (χ1v) is 13.7. The van der Waals surface area contributed by atoms with Gasteiger partial charge >= 0.3 is 0 Å². The maximum Gasteiger partial charge on any atom is 0.209 e. The molecular formula is C21H35B3N2O6S. The summed E-state index contributed by atoms with van der Waals surface area (Å²) in [6, 6.07) is -0.183. The van der Waals surface area contributed by atoms with Gasteiger partial charge in [-0.05, 0) is 62.0 Å². The fourth-order valence-corrected chi connectivity index (χ4v) is 6.06. The number of phenols is 1. The molecule has 1 saturated heterocycles. The molecule has 0 spiro atoms. The third-order valence-electron chi connectivity index (χ3n) is 7.10. The van der Waals surface area contributed by atoms with Gasteiger partial charge in [0, 0.05) is 12.1 Å². The van der Waals surface area contributed by atoms with Crippen molar-refractivity contribution in [2.45, 2.75) is 62.6 Å². The zero-order valence-electron chi connectivity index (χ0n) is 20.1. The standard InChI is InChI=1S/C21H35B3N2O6S/c1-33(29,30)26-14-3-2-8-25-15(14)11-32-13-6-4-12(5-7-13)16-17(22)20(28)18(23)19(24)21(16)31-10-9-27/h9,12-15,25-26,28H,2-8,10-11,22-24H2,1H3/t12-,13+,14-,15-/m0/s1. The number of sulfonamides is 1. The van der Waals surface area contributed by atoms with Crippen LogP contribution in [0.5, 0.6) is 11.5 Å². The van der Waals surface area contributed by atoms with Crippen LogP contribution in [-0.2, 0) is 19.6 Å². The smallest absolute Gasteiger partial charge is 0.209 e. The molecule has 1 aliphatic heterocycles. The van der Waals surface area contributed by atoms with Crippen molar-refractivity contribution in [2.75, 3.05) is 26.0 Å². The van der Waals surface area contributed by atoms with E-state index in [1.807, 2.05) is 23.5 Å². The van der Waals surface area contributed by atoms with Gasteiger partial charge in [0.1, 0.15) is 41.6 Å². The Morgan fingerprint density at radius 2 is 1.82 bits per heavy atom. The number of carbonyl (C=O) groups is 1. The second kappa shape index (κ2) is 11.3. The van der Waals surface area contributed by atoms with E-state index in [-0.39, 0.29) is 30.7 Å². The van der Waals surface area contributed by atoms with E-state index in [0.717, 1.165) is 79.1 Å². The molecule has 180 valence electrons. The molecule has 2 aliphatic rings. The van der Waals surface area contributed by atoms with Gasteiger partial charge < -0.3 is 19.9 Å². The molecule has 2 fully saturated rings. The van der Waals surface area contributed by atoms with Crippen LogP contribution in [0.2, 0.25) is 0 Å². The lowest BCUT2D eigenvalue weighted by Crippen LogP contribution is -2.55. The normalized spacial score (nSPS) is 26.1. The highest BCUT2D eigenvalue weighted by atomic mass is 32.2. The number of benzene rings is 1. The molecule has 3 N–H and O–H groups in total. The summed E-state index contributed by atoms with van der Waals surface area (Å²) in [5.74, 6) is 1.25. The number of rotatable bonds is 9. The molecule has 0 bridgehead atoms. The van der Waals surface area contributed by atoms with Crippen molar-refractivity contribution in [2.24, 2.45) is 0 Å². The number of hydrogen-bond acceptors (Lipinski definition) is 7. The van der Waals surface area contributed by atoms with Gasteiger partial charge in [0.15, 0.2) is 6.29 Å². The summed E-state index contributed by atoms with van der Waals surface area (Å²) >= 11 is 0. The molecule has 3 rings (SSSR count). The Morgan fingerprint density at radius 1 is 1.12 bits per heavy atom. The highest BCUT2D eigenvalue weighted by molar-refractivity contribution is 7.88. The van der Waals surface area contributed by atoms with Crippen LogP contribution in [0.3, 0.4) is 0 Å². The lowest BCUT2D eigenvalue weighted by Gasteiger charge is -2.35. The molecule has 0 amide bonds. The number of ether oxygens (including phenoxy) is 2. The van der Waals surface area contributed by atoms with Crippen LogP contribution >= 0.6 is 0 Å². The molecule has 0 radical (unpaired) electrons. The van der Waals surface area contributed by atoms with Crippen LogP contribution in [0.25, 0.3) is 0 Å². The van der Waals surface area contributed by atoms with Crippen LogP contribution in [0, 0.1) is 0 Å². The van der Waals surface area contributed by atoms with Gasteiger partial charge in [0.2, 0.25) is 10.0 Å². The van der Waals surface area contributed by atoms with Gasteiger partial charge in [0.05, 0.1) is 19.0 Å². The SMILES string of the molecule is Bc1c(B)c(OCC=O)c([C@H]2CC[C@@H](OC[C@@H]3NCCC[C@@H]3NS(C)(=O)=O)CC2)c(B)c1O. The summed E-state index contributed by atoms with van der Waals surface area (Å²) in [6.45, 7) is 1.33. The number of aldehydes is 1. The van der Waals surface area contributed by atoms with E-state index in [1.165, 1.54) is 6.26 Å². The van der Waals surface area contributed by atoms with E-state index in [2.05, 4.69) is 10.0 Å². The number of nitrogens with one attached hydrogen (secondary N) is 2. The van der Waals surface area contributed by atoms with Crippen LogP contribution in [0.1, 0.15) is 50.0 Å². The highest BCUT2D eigenvalue weighted by Gasteiger charge is 2.31. The minimum atomic E-state index is -3.26. The molecule has 1 aromatic carbocycles. The molecule has 2 atom stereocenters. The number of phenolic OH excluding ortho intramolecular Hbond substituents is 1. The lowest BCUT2D eigenvalue weighted by atomic mass is 9.68. The topological polar surface area (TPSA) is 114 Å². The van der Waals surface area contributed by atoms with Gasteiger partial charge in [-0.25, -0.2) is 13.1 Å². The molecule has 1 heterocycles. The quantitative estimate of drug-likeness (QED) is 0.250. The summed E-state index contributed by atoms with van der Waals surface area (Å²) in [5, 5.41) is 14.0. The predicted molar refractivity (Wildman–Crippen MR) is 138 cm³/mol. The van der Waals surface area contributed by atoms with Crippen molar-refractivity contribution in [3.8, 4) is 11.5 Å². The van der Waals surface area contributed by atoms with Gasteiger partial charge in [-0.3, -0.25) is 4.79 Å². The number of hydrogen-bond donors (Lipinski definition) is 3. The largest absolute Gasteiger partial charge is 0.509 e. The Hall–Kier alpha value is -1.49. The van der Waals surface area contributed by atoms with E-state index in [4.69, 9.17) is 9.47 Å². The Kier molecular flexibility index (Phi) is 8.94. The van der Waals surface area contributed by atoms with E-state index >= 15 is 0 Å². The third-order valence-corrected chi connectivity index (χ3v) is 7.83. The molecule has 1 aromatic rings. The maximum absolute atomic E-state index is 11.7. The van der Waals surface area contributed by atoms with E-state index in [1.54, 1.807) is 0 Å². The third kappa shape index (κ3) is 6.56. The highest BCUT2D eigenvalue weighted by Crippen LogP contribution is 2.37. The van der Waals surface area contributed by atoms with Crippen molar-refractivity contribution < 1.29 is 27.8 Å². The van der Waals surface area contributed by atoms with Crippen LogP contribution in [-0.4, -0.2) is 87.6 Å². The van der Waals surface area contributed by atoms with Gasteiger partial charge in [-0.2, -0.15) is 0 Å². The first-order chi connectivity index (χ1) is 15.6. The molecule has 33 heavy (non-hydrogen) atoms. The van der Waals surface area contributed by atoms with Gasteiger partial charge in [-0.15, -0.1) is 0 Å². The monoisotopic (exact) mass is 476 g/mol. The maximum atomic E-state index is 11.7. The van der Waals surface area contributed by atoms with Crippen LogP contribution < -0.4 is 31.2 Å². The number of piperidine rings is 1. The van der Waals surface area contributed by atoms with E-state index in [9.17, 15) is 18.3 Å². The van der Waals surface area contributed by atoms with Crippen LogP contribution in [0.15, 0.2) is 0 Å². The Balaban J connectivity index is 1.63. The number of aromatic hydroxyl groups is 1. The predicted octanol–water partition coefficient (Wildman–Crippen LogP) is -3.54. The Labute approximate surface area is 199 Å². The van der Waals surface area contributed by atoms with Crippen molar-refractivity contribution >= 4 is 56.2 Å². The average Bonchev–Trinajstić information content (AvgIpc) is 2.78. The molecule has 1 saturated carbocycles. The molecule has 0 aromatic heterocycles. The van der Waals surface area contributed by atoms with Crippen molar-refractivity contribution in [3.63, 3.8) is 0 Å². The molecular weight excluding hydrogens is 441 g/mol. The molecule has 12 heteroatoms. The summed E-state index contributed by atoms with van der Waals surface area (Å²) < 4.78 is 38.1. The molecule has 1 aliphatic carbocycles. The van der Waals surface area contributed by atoms with Crippen molar-refractivity contribution in [1.29, 1.82) is 0 Å². The fraction of sp³-hybridized carbons (Fsp3) is 0.667. The van der Waals surface area contributed by atoms with E-state index in [0.29, 0.717) is 12.4 Å². The average molecular weight is 476 g/mol. The second-order valence-electron chi connectivity index (χ2n) is 9.45. The summed E-state index contributed by atoms with van der Waals surface area (Å²) in [4.78, 5) is 10.9. The van der Waals surface area contributed by atoms with Crippen molar-refractivity contribution in [3.05, 3.63) is 5.56 Å². The zero-order chi connectivity index (χ0) is 24.2. The minimum absolute atomic E-state index is 0.00692. The summed E-state index contributed by atoms with van der Waals surface area (Å²) in [7, 11) is 2.44. The zero-order valence-corrected chi connectivity index (χ0v) is 21.0. The van der Waals surface area contributed by atoms with E-state index < -0.39 is 10.0 Å². The Bertz CT molecular complexity index is 954. The van der Waals surface area contributed by atoms with Crippen molar-refractivity contribution in [1.82, 2.24) is 10.0 Å². The first-order valence-electron chi connectivity index (χ1n) is 11.8. The fourth-order valence-electron chi connectivity index (χ4n) is 5.23. The van der Waals surface area contributed by atoms with Crippen LogP contribution in [0.4, 0.5) is 0 Å². The number of carbonyl (C=O) groups excluding carboxylic acids is 1.